The van der Waals surface area contributed by atoms with Crippen molar-refractivity contribution in [3.8, 4) is 0 Å². The fourth-order valence-corrected chi connectivity index (χ4v) is 2.26. The highest BCUT2D eigenvalue weighted by Crippen LogP contribution is 2.28. The summed E-state index contributed by atoms with van der Waals surface area (Å²) in [5, 5.41) is 4.59. The van der Waals surface area contributed by atoms with Crippen LogP contribution in [0.4, 0.5) is 10.5 Å². The Hall–Kier alpha value is -2.37. The molecule has 0 fully saturated rings. The molecule has 1 aromatic rings. The Balaban J connectivity index is 2.21. The first-order chi connectivity index (χ1) is 9.54. The van der Waals surface area contributed by atoms with Gasteiger partial charge in [0.15, 0.2) is 5.78 Å². The SMILES string of the molecule is CNC(=O)NC(=O)C(C)N1CCC(=O)c2ccccc21. The molecule has 6 heteroatoms. The van der Waals surface area contributed by atoms with Crippen LogP contribution in [0.2, 0.25) is 0 Å². The first kappa shape index (κ1) is 14.0. The number of benzene rings is 1. The van der Waals surface area contributed by atoms with E-state index in [1.165, 1.54) is 7.05 Å². The topological polar surface area (TPSA) is 78.5 Å². The predicted octanol–water partition coefficient (Wildman–Crippen LogP) is 0.923. The fraction of sp³-hybridized carbons (Fsp3) is 0.357. The minimum absolute atomic E-state index is 0.0794. The molecule has 0 saturated carbocycles. The van der Waals surface area contributed by atoms with Gasteiger partial charge in [0.05, 0.1) is 0 Å². The average molecular weight is 275 g/mol. The molecule has 2 N–H and O–H groups in total. The number of hydrogen-bond acceptors (Lipinski definition) is 4. The van der Waals surface area contributed by atoms with Crippen LogP contribution in [0.25, 0.3) is 0 Å². The van der Waals surface area contributed by atoms with Crippen LogP contribution in [0.1, 0.15) is 23.7 Å². The number of amides is 3. The fourth-order valence-electron chi connectivity index (χ4n) is 2.26. The number of anilines is 1. The van der Waals surface area contributed by atoms with E-state index in [1.807, 2.05) is 17.0 Å². The van der Waals surface area contributed by atoms with Gasteiger partial charge in [-0.15, -0.1) is 0 Å². The van der Waals surface area contributed by atoms with Gasteiger partial charge in [0, 0.05) is 31.3 Å². The maximum absolute atomic E-state index is 12.0. The quantitative estimate of drug-likeness (QED) is 0.841. The number of fused-ring (bicyclic) bond motifs is 1. The highest BCUT2D eigenvalue weighted by Gasteiger charge is 2.29. The molecule has 20 heavy (non-hydrogen) atoms. The number of ketones is 1. The number of imide groups is 1. The van der Waals surface area contributed by atoms with Crippen LogP contribution in [0, 0.1) is 0 Å². The lowest BCUT2D eigenvalue weighted by atomic mass is 9.99. The molecule has 0 bridgehead atoms. The Morgan fingerprint density at radius 3 is 2.70 bits per heavy atom. The summed E-state index contributed by atoms with van der Waals surface area (Å²) in [5.41, 5.74) is 1.36. The van der Waals surface area contributed by atoms with Gasteiger partial charge in [-0.25, -0.2) is 4.79 Å². The van der Waals surface area contributed by atoms with Crippen molar-refractivity contribution in [2.45, 2.75) is 19.4 Å². The lowest BCUT2D eigenvalue weighted by Crippen LogP contribution is -2.51. The van der Waals surface area contributed by atoms with E-state index in [-0.39, 0.29) is 5.78 Å². The molecule has 0 spiro atoms. The van der Waals surface area contributed by atoms with Gasteiger partial charge in [0.1, 0.15) is 6.04 Å². The Kier molecular flexibility index (Phi) is 4.02. The van der Waals surface area contributed by atoms with Gasteiger partial charge in [-0.2, -0.15) is 0 Å². The van der Waals surface area contributed by atoms with E-state index in [0.717, 1.165) is 5.69 Å². The average Bonchev–Trinajstić information content (AvgIpc) is 2.47. The largest absolute Gasteiger partial charge is 0.359 e. The number of urea groups is 1. The van der Waals surface area contributed by atoms with Gasteiger partial charge >= 0.3 is 6.03 Å². The number of carbonyl (C=O) groups is 3. The summed E-state index contributed by atoms with van der Waals surface area (Å²) in [4.78, 5) is 36.9. The normalized spacial score (nSPS) is 15.3. The zero-order valence-electron chi connectivity index (χ0n) is 11.5. The highest BCUT2D eigenvalue weighted by atomic mass is 16.2. The number of nitrogens with zero attached hydrogens (tertiary/aromatic N) is 1. The maximum Gasteiger partial charge on any atom is 0.321 e. The van der Waals surface area contributed by atoms with Crippen molar-refractivity contribution in [3.63, 3.8) is 0 Å². The molecule has 1 aliphatic heterocycles. The molecule has 1 unspecified atom stereocenters. The number of carbonyl (C=O) groups excluding carboxylic acids is 3. The summed E-state index contributed by atoms with van der Waals surface area (Å²) >= 11 is 0. The number of nitrogens with one attached hydrogen (secondary N) is 2. The van der Waals surface area contributed by atoms with Crippen LogP contribution in [0.3, 0.4) is 0 Å². The minimum Gasteiger partial charge on any atom is -0.359 e. The van der Waals surface area contributed by atoms with Crippen molar-refractivity contribution in [1.82, 2.24) is 10.6 Å². The van der Waals surface area contributed by atoms with Gasteiger partial charge in [0.2, 0.25) is 5.91 Å². The summed E-state index contributed by atoms with van der Waals surface area (Å²) in [6, 6.07) is 6.14. The monoisotopic (exact) mass is 275 g/mol. The third-order valence-corrected chi connectivity index (χ3v) is 3.40. The molecule has 1 atom stereocenters. The number of hydrogen-bond donors (Lipinski definition) is 2. The Morgan fingerprint density at radius 2 is 2.00 bits per heavy atom. The van der Waals surface area contributed by atoms with Crippen LogP contribution < -0.4 is 15.5 Å². The molecule has 1 aliphatic rings. The first-order valence-electron chi connectivity index (χ1n) is 6.46. The summed E-state index contributed by atoms with van der Waals surface area (Å²) in [5.74, 6) is -0.315. The van der Waals surface area contributed by atoms with Crippen LogP contribution >= 0.6 is 0 Å². The van der Waals surface area contributed by atoms with Gasteiger partial charge in [0.25, 0.3) is 0 Å². The Morgan fingerprint density at radius 1 is 1.30 bits per heavy atom. The zero-order valence-corrected chi connectivity index (χ0v) is 11.5. The lowest BCUT2D eigenvalue weighted by molar-refractivity contribution is -0.121. The number of rotatable bonds is 2. The second-order valence-electron chi connectivity index (χ2n) is 4.63. The van der Waals surface area contributed by atoms with Gasteiger partial charge < -0.3 is 10.2 Å². The summed E-state index contributed by atoms with van der Waals surface area (Å²) in [7, 11) is 1.45. The van der Waals surface area contributed by atoms with Crippen molar-refractivity contribution < 1.29 is 14.4 Å². The molecular weight excluding hydrogens is 258 g/mol. The molecule has 1 aromatic carbocycles. The van der Waals surface area contributed by atoms with Crippen LogP contribution in [0.5, 0.6) is 0 Å². The summed E-state index contributed by atoms with van der Waals surface area (Å²) in [6.45, 7) is 2.18. The van der Waals surface area contributed by atoms with E-state index in [1.54, 1.807) is 19.1 Å². The smallest absolute Gasteiger partial charge is 0.321 e. The molecular formula is C14H17N3O3. The second-order valence-corrected chi connectivity index (χ2v) is 4.63. The van der Waals surface area contributed by atoms with E-state index in [2.05, 4.69) is 10.6 Å². The van der Waals surface area contributed by atoms with E-state index in [9.17, 15) is 14.4 Å². The predicted molar refractivity (Wildman–Crippen MR) is 74.8 cm³/mol. The van der Waals surface area contributed by atoms with Crippen molar-refractivity contribution in [2.75, 3.05) is 18.5 Å². The van der Waals surface area contributed by atoms with E-state index in [4.69, 9.17) is 0 Å². The molecule has 0 aliphatic carbocycles. The third kappa shape index (κ3) is 2.64. The first-order valence-corrected chi connectivity index (χ1v) is 6.46. The van der Waals surface area contributed by atoms with Crippen LogP contribution in [-0.4, -0.2) is 37.4 Å². The molecule has 0 aromatic heterocycles. The number of para-hydroxylation sites is 1. The molecule has 0 radical (unpaired) electrons. The van der Waals surface area contributed by atoms with Crippen molar-refractivity contribution >= 4 is 23.4 Å². The molecule has 3 amide bonds. The Bertz CT molecular complexity index is 556. The zero-order chi connectivity index (χ0) is 14.7. The molecule has 0 saturated heterocycles. The van der Waals surface area contributed by atoms with Gasteiger partial charge in [-0.3, -0.25) is 14.9 Å². The van der Waals surface area contributed by atoms with Crippen molar-refractivity contribution in [3.05, 3.63) is 29.8 Å². The van der Waals surface area contributed by atoms with E-state index < -0.39 is 18.0 Å². The summed E-state index contributed by atoms with van der Waals surface area (Å²) in [6.07, 6.45) is 0.370. The maximum atomic E-state index is 12.0. The minimum atomic E-state index is -0.539. The molecule has 1 heterocycles. The second kappa shape index (κ2) is 5.73. The third-order valence-electron chi connectivity index (χ3n) is 3.40. The van der Waals surface area contributed by atoms with Crippen LogP contribution in [-0.2, 0) is 4.79 Å². The Labute approximate surface area is 117 Å². The van der Waals surface area contributed by atoms with Crippen molar-refractivity contribution in [2.24, 2.45) is 0 Å². The van der Waals surface area contributed by atoms with Crippen molar-refractivity contribution in [1.29, 1.82) is 0 Å². The van der Waals surface area contributed by atoms with E-state index >= 15 is 0 Å². The lowest BCUT2D eigenvalue weighted by Gasteiger charge is -2.34. The highest BCUT2D eigenvalue weighted by molar-refractivity contribution is 6.05. The molecule has 6 nitrogen and oxygen atoms in total. The van der Waals surface area contributed by atoms with Crippen LogP contribution in [0.15, 0.2) is 24.3 Å². The standard InChI is InChI=1S/C14H17N3O3/c1-9(13(19)16-14(20)15-2)17-8-7-12(18)10-5-3-4-6-11(10)17/h3-6,9H,7-8H2,1-2H3,(H2,15,16,19,20). The van der Waals surface area contributed by atoms with Gasteiger partial charge in [-0.1, -0.05) is 12.1 Å². The molecule has 2 rings (SSSR count). The van der Waals surface area contributed by atoms with Gasteiger partial charge in [-0.05, 0) is 19.1 Å². The van der Waals surface area contributed by atoms with E-state index in [0.29, 0.717) is 18.5 Å². The summed E-state index contributed by atoms with van der Waals surface area (Å²) < 4.78 is 0. The number of Topliss-reactive ketones (excluding diaryl/α,β-unsaturated/α-hetero) is 1. The molecule has 106 valence electrons.